The minimum absolute atomic E-state index is 0.205. The Morgan fingerprint density at radius 3 is 2.79 bits per heavy atom. The largest absolute Gasteiger partial charge is 0.378 e. The molecule has 0 saturated carbocycles. The van der Waals surface area contributed by atoms with Crippen LogP contribution >= 0.6 is 27.5 Å². The van der Waals surface area contributed by atoms with Crippen LogP contribution in [0.5, 0.6) is 0 Å². The molecule has 1 amide bonds. The highest BCUT2D eigenvalue weighted by molar-refractivity contribution is 9.10. The number of halogens is 3. The predicted octanol–water partition coefficient (Wildman–Crippen LogP) is 3.31. The van der Waals surface area contributed by atoms with Gasteiger partial charge in [0.2, 0.25) is 0 Å². The van der Waals surface area contributed by atoms with Crippen molar-refractivity contribution in [3.63, 3.8) is 0 Å². The second-order valence-corrected chi connectivity index (χ2v) is 5.05. The lowest BCUT2D eigenvalue weighted by molar-refractivity contribution is 0.0671. The third kappa shape index (κ3) is 5.09. The molecule has 0 aliphatic heterocycles. The Bertz CT molecular complexity index is 431. The van der Waals surface area contributed by atoms with Crippen LogP contribution in [-0.2, 0) is 4.74 Å². The van der Waals surface area contributed by atoms with Gasteiger partial charge in [-0.15, -0.1) is 11.6 Å². The maximum atomic E-state index is 13.4. The Labute approximate surface area is 125 Å². The maximum absolute atomic E-state index is 13.4. The highest BCUT2D eigenvalue weighted by Crippen LogP contribution is 2.17. The summed E-state index contributed by atoms with van der Waals surface area (Å²) in [5.41, 5.74) is 0.333. The summed E-state index contributed by atoms with van der Waals surface area (Å²) < 4.78 is 19.0. The number of carbonyl (C=O) groups is 1. The molecule has 0 spiro atoms. The third-order valence-electron chi connectivity index (χ3n) is 2.56. The Balaban J connectivity index is 2.64. The van der Waals surface area contributed by atoms with Crippen molar-refractivity contribution in [2.24, 2.45) is 0 Å². The quantitative estimate of drug-likeness (QED) is 0.556. The van der Waals surface area contributed by atoms with Gasteiger partial charge in [0.1, 0.15) is 5.82 Å². The molecule has 6 heteroatoms. The van der Waals surface area contributed by atoms with E-state index in [1.54, 1.807) is 11.0 Å². The first-order valence-corrected chi connectivity index (χ1v) is 7.31. The van der Waals surface area contributed by atoms with Crippen LogP contribution in [0, 0.1) is 5.82 Å². The first-order chi connectivity index (χ1) is 9.10. The van der Waals surface area contributed by atoms with Crippen LogP contribution < -0.4 is 0 Å². The van der Waals surface area contributed by atoms with Crippen LogP contribution in [0.2, 0.25) is 0 Å². The van der Waals surface area contributed by atoms with Gasteiger partial charge in [0, 0.05) is 24.5 Å². The number of likely N-dealkylation sites (N-methyl/N-ethyl adjacent to an activating group) is 1. The maximum Gasteiger partial charge on any atom is 0.254 e. The number of carbonyl (C=O) groups excluding carboxylic acids is 1. The molecule has 0 atom stereocenters. The summed E-state index contributed by atoms with van der Waals surface area (Å²) in [5, 5.41) is 0. The van der Waals surface area contributed by atoms with Crippen LogP contribution in [-0.4, -0.2) is 43.0 Å². The van der Waals surface area contributed by atoms with E-state index in [9.17, 15) is 9.18 Å². The van der Waals surface area contributed by atoms with Crippen LogP contribution in [0.1, 0.15) is 17.3 Å². The summed E-state index contributed by atoms with van der Waals surface area (Å²) in [4.78, 5) is 13.8. The van der Waals surface area contributed by atoms with E-state index < -0.39 is 5.82 Å². The molecular formula is C13H16BrClFNO2. The van der Waals surface area contributed by atoms with E-state index >= 15 is 0 Å². The molecule has 3 nitrogen and oxygen atoms in total. The fourth-order valence-electron chi connectivity index (χ4n) is 1.55. The Kier molecular flexibility index (Phi) is 7.34. The molecule has 106 valence electrons. The van der Waals surface area contributed by atoms with Crippen molar-refractivity contribution in [3.8, 4) is 0 Å². The fraction of sp³-hybridized carbons (Fsp3) is 0.462. The summed E-state index contributed by atoms with van der Waals surface area (Å²) in [6, 6.07) is 4.35. The monoisotopic (exact) mass is 351 g/mol. The molecule has 0 N–H and O–H groups in total. The van der Waals surface area contributed by atoms with E-state index in [-0.39, 0.29) is 5.91 Å². The molecule has 0 unspecified atom stereocenters. The normalized spacial score (nSPS) is 10.5. The van der Waals surface area contributed by atoms with Gasteiger partial charge >= 0.3 is 0 Å². The lowest BCUT2D eigenvalue weighted by atomic mass is 10.2. The highest BCUT2D eigenvalue weighted by Gasteiger charge is 2.15. The number of benzene rings is 1. The van der Waals surface area contributed by atoms with Crippen molar-refractivity contribution in [2.75, 3.05) is 32.2 Å². The van der Waals surface area contributed by atoms with Crippen molar-refractivity contribution < 1.29 is 13.9 Å². The minimum Gasteiger partial charge on any atom is -0.378 e. The van der Waals surface area contributed by atoms with Gasteiger partial charge in [-0.25, -0.2) is 4.39 Å². The molecule has 0 aliphatic rings. The Morgan fingerprint density at radius 2 is 2.21 bits per heavy atom. The van der Waals surface area contributed by atoms with E-state index in [4.69, 9.17) is 16.3 Å². The highest BCUT2D eigenvalue weighted by atomic mass is 79.9. The number of rotatable bonds is 7. The molecule has 0 aliphatic carbocycles. The van der Waals surface area contributed by atoms with Gasteiger partial charge in [0.25, 0.3) is 5.91 Å². The number of amides is 1. The average molecular weight is 353 g/mol. The lowest BCUT2D eigenvalue weighted by Crippen LogP contribution is -2.34. The van der Waals surface area contributed by atoms with Crippen molar-refractivity contribution >= 4 is 33.4 Å². The summed E-state index contributed by atoms with van der Waals surface area (Å²) >= 11 is 8.55. The SMILES string of the molecule is CCN(CCOCCCl)C(=O)c1ccc(Br)c(F)c1. The first kappa shape index (κ1) is 16.4. The van der Waals surface area contributed by atoms with E-state index in [1.807, 2.05) is 6.92 Å². The molecule has 19 heavy (non-hydrogen) atoms. The van der Waals surface area contributed by atoms with Gasteiger partial charge < -0.3 is 9.64 Å². The summed E-state index contributed by atoms with van der Waals surface area (Å²) in [7, 11) is 0. The summed E-state index contributed by atoms with van der Waals surface area (Å²) in [5.74, 6) is -0.221. The molecule has 1 rings (SSSR count). The molecule has 0 fully saturated rings. The zero-order chi connectivity index (χ0) is 14.3. The molecule has 1 aromatic carbocycles. The van der Waals surface area contributed by atoms with Gasteiger partial charge in [-0.1, -0.05) is 0 Å². The van der Waals surface area contributed by atoms with Crippen molar-refractivity contribution in [3.05, 3.63) is 34.1 Å². The molecule has 1 aromatic rings. The number of ether oxygens (including phenoxy) is 1. The van der Waals surface area contributed by atoms with Crippen LogP contribution in [0.15, 0.2) is 22.7 Å². The van der Waals surface area contributed by atoms with Gasteiger partial charge in [-0.05, 0) is 41.1 Å². The van der Waals surface area contributed by atoms with E-state index in [2.05, 4.69) is 15.9 Å². The molecule has 0 saturated heterocycles. The number of hydrogen-bond donors (Lipinski definition) is 0. The zero-order valence-corrected chi connectivity index (χ0v) is 13.0. The van der Waals surface area contributed by atoms with E-state index in [0.717, 1.165) is 0 Å². The van der Waals surface area contributed by atoms with E-state index in [1.165, 1.54) is 12.1 Å². The Morgan fingerprint density at radius 1 is 1.47 bits per heavy atom. The van der Waals surface area contributed by atoms with Crippen LogP contribution in [0.4, 0.5) is 4.39 Å². The number of alkyl halides is 1. The molecular weight excluding hydrogens is 337 g/mol. The minimum atomic E-state index is -0.444. The van der Waals surface area contributed by atoms with Gasteiger partial charge in [0.05, 0.1) is 17.7 Å². The molecule has 0 radical (unpaired) electrons. The first-order valence-electron chi connectivity index (χ1n) is 5.98. The van der Waals surface area contributed by atoms with Gasteiger partial charge in [0.15, 0.2) is 0 Å². The van der Waals surface area contributed by atoms with Crippen molar-refractivity contribution in [1.82, 2.24) is 4.90 Å². The number of nitrogens with zero attached hydrogens (tertiary/aromatic N) is 1. The zero-order valence-electron chi connectivity index (χ0n) is 10.7. The fourth-order valence-corrected chi connectivity index (χ4v) is 1.90. The van der Waals surface area contributed by atoms with Gasteiger partial charge in [-0.3, -0.25) is 4.79 Å². The van der Waals surface area contributed by atoms with Crippen LogP contribution in [0.25, 0.3) is 0 Å². The topological polar surface area (TPSA) is 29.5 Å². The summed E-state index contributed by atoms with van der Waals surface area (Å²) in [6.45, 7) is 3.75. The molecule has 0 aromatic heterocycles. The Hall–Kier alpha value is -0.650. The predicted molar refractivity (Wildman–Crippen MR) is 77.2 cm³/mol. The van der Waals surface area contributed by atoms with Crippen molar-refractivity contribution in [2.45, 2.75) is 6.92 Å². The smallest absolute Gasteiger partial charge is 0.254 e. The van der Waals surface area contributed by atoms with Crippen LogP contribution in [0.3, 0.4) is 0 Å². The second kappa shape index (κ2) is 8.51. The van der Waals surface area contributed by atoms with Crippen molar-refractivity contribution in [1.29, 1.82) is 0 Å². The lowest BCUT2D eigenvalue weighted by Gasteiger charge is -2.21. The second-order valence-electron chi connectivity index (χ2n) is 3.82. The molecule has 0 bridgehead atoms. The summed E-state index contributed by atoms with van der Waals surface area (Å²) in [6.07, 6.45) is 0. The van der Waals surface area contributed by atoms with E-state index in [0.29, 0.717) is 42.2 Å². The molecule has 0 heterocycles. The third-order valence-corrected chi connectivity index (χ3v) is 3.36. The number of hydrogen-bond acceptors (Lipinski definition) is 2. The van der Waals surface area contributed by atoms with Gasteiger partial charge in [-0.2, -0.15) is 0 Å². The standard InChI is InChI=1S/C13H16BrClFNO2/c1-2-17(6-8-19-7-5-15)13(18)10-3-4-11(14)12(16)9-10/h3-4,9H,2,5-8H2,1H3. The average Bonchev–Trinajstić information content (AvgIpc) is 2.41.